The van der Waals surface area contributed by atoms with Gasteiger partial charge in [-0.05, 0) is 74.3 Å². The molecule has 0 saturated heterocycles. The lowest BCUT2D eigenvalue weighted by atomic mass is 9.74. The number of ether oxygens (including phenoxy) is 1. The van der Waals surface area contributed by atoms with Crippen molar-refractivity contribution in [3.63, 3.8) is 0 Å². The van der Waals surface area contributed by atoms with Gasteiger partial charge in [-0.15, -0.1) is 0 Å². The Hall–Kier alpha value is -1.02. The number of hydrogen-bond acceptors (Lipinski definition) is 2. The van der Waals surface area contributed by atoms with Crippen LogP contribution >= 0.6 is 0 Å². The minimum absolute atomic E-state index is 0.631. The van der Waals surface area contributed by atoms with Crippen molar-refractivity contribution in [1.29, 1.82) is 0 Å². The van der Waals surface area contributed by atoms with E-state index in [4.69, 9.17) is 4.74 Å². The molecule has 0 bridgehead atoms. The molecule has 1 N–H and O–H groups in total. The van der Waals surface area contributed by atoms with Crippen LogP contribution in [0.3, 0.4) is 0 Å². The molecule has 2 heteroatoms. The lowest BCUT2D eigenvalue weighted by Gasteiger charge is -2.36. The van der Waals surface area contributed by atoms with Gasteiger partial charge in [0, 0.05) is 0 Å². The van der Waals surface area contributed by atoms with E-state index in [0.717, 1.165) is 54.0 Å². The molecule has 18 heavy (non-hydrogen) atoms. The van der Waals surface area contributed by atoms with Crippen LogP contribution < -0.4 is 4.74 Å². The standard InChI is InChI=1S/C16H24O2/c1-11-5-7-16(17,8-6-11)14-9-13(3)15(18-4)10-12(14)2/h9-11,17H,5-8H2,1-4H3. The Bertz CT molecular complexity index is 429. The molecule has 0 aliphatic heterocycles. The Labute approximate surface area is 110 Å². The Balaban J connectivity index is 2.36. The average molecular weight is 248 g/mol. The molecule has 0 amide bonds. The highest BCUT2D eigenvalue weighted by molar-refractivity contribution is 5.44. The van der Waals surface area contributed by atoms with Crippen LogP contribution in [0.1, 0.15) is 49.3 Å². The minimum atomic E-state index is -0.631. The highest BCUT2D eigenvalue weighted by Gasteiger charge is 2.34. The first kappa shape index (κ1) is 13.4. The predicted octanol–water partition coefficient (Wildman–Crippen LogP) is 3.71. The third-order valence-corrected chi connectivity index (χ3v) is 4.34. The molecular weight excluding hydrogens is 224 g/mol. The summed E-state index contributed by atoms with van der Waals surface area (Å²) in [7, 11) is 1.69. The number of aliphatic hydroxyl groups is 1. The number of methoxy groups -OCH3 is 1. The lowest BCUT2D eigenvalue weighted by molar-refractivity contribution is -0.0126. The summed E-state index contributed by atoms with van der Waals surface area (Å²) in [5.74, 6) is 1.65. The smallest absolute Gasteiger partial charge is 0.122 e. The van der Waals surface area contributed by atoms with Crippen LogP contribution in [0.15, 0.2) is 12.1 Å². The largest absolute Gasteiger partial charge is 0.496 e. The maximum atomic E-state index is 10.9. The van der Waals surface area contributed by atoms with Gasteiger partial charge in [-0.25, -0.2) is 0 Å². The summed E-state index contributed by atoms with van der Waals surface area (Å²) in [6, 6.07) is 4.14. The van der Waals surface area contributed by atoms with E-state index in [2.05, 4.69) is 19.9 Å². The van der Waals surface area contributed by atoms with Crippen molar-refractivity contribution in [3.05, 3.63) is 28.8 Å². The molecule has 2 nitrogen and oxygen atoms in total. The Kier molecular flexibility index (Phi) is 3.67. The normalized spacial score (nSPS) is 28.2. The topological polar surface area (TPSA) is 29.5 Å². The van der Waals surface area contributed by atoms with E-state index in [9.17, 15) is 5.11 Å². The van der Waals surface area contributed by atoms with E-state index in [0.29, 0.717) is 0 Å². The molecule has 0 atom stereocenters. The van der Waals surface area contributed by atoms with Gasteiger partial charge in [-0.3, -0.25) is 0 Å². The first-order chi connectivity index (χ1) is 8.46. The van der Waals surface area contributed by atoms with Gasteiger partial charge < -0.3 is 9.84 Å². The molecule has 1 aliphatic rings. The summed E-state index contributed by atoms with van der Waals surface area (Å²) in [5, 5.41) is 10.9. The maximum absolute atomic E-state index is 10.9. The molecule has 0 spiro atoms. The van der Waals surface area contributed by atoms with Crippen molar-refractivity contribution in [1.82, 2.24) is 0 Å². The second-order valence-corrected chi connectivity index (χ2v) is 5.85. The van der Waals surface area contributed by atoms with Gasteiger partial charge in [-0.1, -0.05) is 6.92 Å². The van der Waals surface area contributed by atoms with Crippen LogP contribution in [0.4, 0.5) is 0 Å². The lowest BCUT2D eigenvalue weighted by Crippen LogP contribution is -2.31. The third-order valence-electron chi connectivity index (χ3n) is 4.34. The Morgan fingerprint density at radius 2 is 1.78 bits per heavy atom. The van der Waals surface area contributed by atoms with Crippen LogP contribution in [0.2, 0.25) is 0 Å². The fourth-order valence-electron chi connectivity index (χ4n) is 3.02. The van der Waals surface area contributed by atoms with Gasteiger partial charge in [0.2, 0.25) is 0 Å². The molecule has 1 aliphatic carbocycles. The second-order valence-electron chi connectivity index (χ2n) is 5.85. The van der Waals surface area contributed by atoms with E-state index in [1.807, 2.05) is 13.0 Å². The monoisotopic (exact) mass is 248 g/mol. The van der Waals surface area contributed by atoms with E-state index < -0.39 is 5.60 Å². The SMILES string of the molecule is COc1cc(C)c(C2(O)CCC(C)CC2)cc1C. The van der Waals surface area contributed by atoms with Crippen molar-refractivity contribution in [2.24, 2.45) is 5.92 Å². The summed E-state index contributed by atoms with van der Waals surface area (Å²) in [6.07, 6.45) is 3.98. The number of aryl methyl sites for hydroxylation is 2. The van der Waals surface area contributed by atoms with E-state index in [-0.39, 0.29) is 0 Å². The van der Waals surface area contributed by atoms with Gasteiger partial charge in [0.05, 0.1) is 12.7 Å². The molecule has 100 valence electrons. The summed E-state index contributed by atoms with van der Waals surface area (Å²) in [6.45, 7) is 6.37. The zero-order valence-electron chi connectivity index (χ0n) is 11.9. The average Bonchev–Trinajstić information content (AvgIpc) is 2.35. The van der Waals surface area contributed by atoms with Crippen LogP contribution in [0, 0.1) is 19.8 Å². The summed E-state index contributed by atoms with van der Waals surface area (Å²) in [5.41, 5.74) is 2.69. The summed E-state index contributed by atoms with van der Waals surface area (Å²) < 4.78 is 5.34. The zero-order valence-corrected chi connectivity index (χ0v) is 11.9. The van der Waals surface area contributed by atoms with Crippen molar-refractivity contribution in [3.8, 4) is 5.75 Å². The van der Waals surface area contributed by atoms with Gasteiger partial charge in [0.15, 0.2) is 0 Å². The number of hydrogen-bond donors (Lipinski definition) is 1. The Morgan fingerprint density at radius 1 is 1.17 bits per heavy atom. The van der Waals surface area contributed by atoms with Gasteiger partial charge in [-0.2, -0.15) is 0 Å². The van der Waals surface area contributed by atoms with Crippen molar-refractivity contribution >= 4 is 0 Å². The molecule has 1 saturated carbocycles. The third kappa shape index (κ3) is 2.39. The number of rotatable bonds is 2. The number of benzene rings is 1. The van der Waals surface area contributed by atoms with E-state index >= 15 is 0 Å². The zero-order chi connectivity index (χ0) is 13.3. The van der Waals surface area contributed by atoms with Crippen LogP contribution in [-0.2, 0) is 5.60 Å². The molecular formula is C16H24O2. The summed E-state index contributed by atoms with van der Waals surface area (Å²) >= 11 is 0. The van der Waals surface area contributed by atoms with Crippen LogP contribution in [0.25, 0.3) is 0 Å². The first-order valence-electron chi connectivity index (χ1n) is 6.84. The molecule has 0 radical (unpaired) electrons. The van der Waals surface area contributed by atoms with Crippen molar-refractivity contribution < 1.29 is 9.84 Å². The van der Waals surface area contributed by atoms with Gasteiger partial charge >= 0.3 is 0 Å². The molecule has 0 aromatic heterocycles. The van der Waals surface area contributed by atoms with Gasteiger partial charge in [0.1, 0.15) is 5.75 Å². The predicted molar refractivity (Wildman–Crippen MR) is 74.0 cm³/mol. The van der Waals surface area contributed by atoms with Crippen LogP contribution in [0.5, 0.6) is 5.75 Å². The fourth-order valence-corrected chi connectivity index (χ4v) is 3.02. The quantitative estimate of drug-likeness (QED) is 0.864. The minimum Gasteiger partial charge on any atom is -0.496 e. The van der Waals surface area contributed by atoms with Gasteiger partial charge in [0.25, 0.3) is 0 Å². The highest BCUT2D eigenvalue weighted by Crippen LogP contribution is 2.41. The van der Waals surface area contributed by atoms with E-state index in [1.54, 1.807) is 7.11 Å². The first-order valence-corrected chi connectivity index (χ1v) is 6.84. The highest BCUT2D eigenvalue weighted by atomic mass is 16.5. The fraction of sp³-hybridized carbons (Fsp3) is 0.625. The molecule has 0 unspecified atom stereocenters. The van der Waals surface area contributed by atoms with Crippen LogP contribution in [-0.4, -0.2) is 12.2 Å². The second kappa shape index (κ2) is 4.93. The van der Waals surface area contributed by atoms with Crippen molar-refractivity contribution in [2.75, 3.05) is 7.11 Å². The van der Waals surface area contributed by atoms with Crippen molar-refractivity contribution in [2.45, 2.75) is 52.1 Å². The molecule has 1 fully saturated rings. The molecule has 0 heterocycles. The van der Waals surface area contributed by atoms with E-state index in [1.165, 1.54) is 0 Å². The molecule has 1 aromatic carbocycles. The maximum Gasteiger partial charge on any atom is 0.122 e. The molecule has 1 aromatic rings. The Morgan fingerprint density at radius 3 is 2.33 bits per heavy atom. The molecule has 2 rings (SSSR count). The summed E-state index contributed by atoms with van der Waals surface area (Å²) in [4.78, 5) is 0.